The van der Waals surface area contributed by atoms with E-state index in [1.165, 1.54) is 12.1 Å². The summed E-state index contributed by atoms with van der Waals surface area (Å²) in [6, 6.07) is 3.92. The third-order valence-corrected chi connectivity index (χ3v) is 4.57. The highest BCUT2D eigenvalue weighted by Gasteiger charge is 2.27. The molecule has 0 unspecified atom stereocenters. The Balaban J connectivity index is 1.96. The minimum Gasteiger partial charge on any atom is -0.487 e. The lowest BCUT2D eigenvalue weighted by molar-refractivity contribution is 0.115. The Morgan fingerprint density at radius 2 is 2.09 bits per heavy atom. The van der Waals surface area contributed by atoms with Crippen molar-refractivity contribution in [3.05, 3.63) is 24.0 Å². The van der Waals surface area contributed by atoms with Gasteiger partial charge in [-0.3, -0.25) is 0 Å². The Bertz CT molecular complexity index is 534. The summed E-state index contributed by atoms with van der Waals surface area (Å²) < 4.78 is 19.6. The number of nitrogens with one attached hydrogen (secondary N) is 2. The van der Waals surface area contributed by atoms with E-state index in [9.17, 15) is 14.3 Å². The van der Waals surface area contributed by atoms with Crippen molar-refractivity contribution in [1.82, 2.24) is 5.32 Å². The van der Waals surface area contributed by atoms with Crippen molar-refractivity contribution in [3.63, 3.8) is 0 Å². The molecular formula is C17H25FN2O3. The number of hydrogen-bond acceptors (Lipinski definition) is 3. The average molecular weight is 324 g/mol. The highest BCUT2D eigenvalue weighted by atomic mass is 19.1. The van der Waals surface area contributed by atoms with Crippen LogP contribution in [0, 0.1) is 5.82 Å². The van der Waals surface area contributed by atoms with Gasteiger partial charge in [0, 0.05) is 11.8 Å². The first-order valence-corrected chi connectivity index (χ1v) is 8.18. The van der Waals surface area contributed by atoms with Crippen LogP contribution in [0.4, 0.5) is 14.9 Å². The molecule has 0 aliphatic heterocycles. The predicted molar refractivity (Wildman–Crippen MR) is 87.2 cm³/mol. The number of anilines is 1. The van der Waals surface area contributed by atoms with Crippen LogP contribution in [0.2, 0.25) is 0 Å². The summed E-state index contributed by atoms with van der Waals surface area (Å²) in [6.45, 7) is 3.65. The molecule has 3 N–H and O–H groups in total. The summed E-state index contributed by atoms with van der Waals surface area (Å²) in [7, 11) is 0. The van der Waals surface area contributed by atoms with Crippen molar-refractivity contribution in [3.8, 4) is 5.75 Å². The first-order valence-electron chi connectivity index (χ1n) is 8.18. The maximum absolute atomic E-state index is 14.0. The topological polar surface area (TPSA) is 70.6 Å². The zero-order valence-corrected chi connectivity index (χ0v) is 13.7. The molecule has 0 radical (unpaired) electrons. The van der Waals surface area contributed by atoms with Gasteiger partial charge in [0.05, 0.1) is 18.2 Å². The smallest absolute Gasteiger partial charge is 0.319 e. The summed E-state index contributed by atoms with van der Waals surface area (Å²) in [4.78, 5) is 12.0. The van der Waals surface area contributed by atoms with Crippen LogP contribution in [-0.4, -0.2) is 29.4 Å². The van der Waals surface area contributed by atoms with Crippen LogP contribution in [0.3, 0.4) is 0 Å². The van der Waals surface area contributed by atoms with E-state index in [1.807, 2.05) is 13.8 Å². The number of ether oxygens (including phenoxy) is 1. The van der Waals surface area contributed by atoms with Crippen LogP contribution in [0.1, 0.15) is 46.0 Å². The largest absolute Gasteiger partial charge is 0.487 e. The van der Waals surface area contributed by atoms with Gasteiger partial charge in [-0.05, 0) is 44.2 Å². The molecule has 1 aliphatic rings. The zero-order chi connectivity index (χ0) is 16.9. The van der Waals surface area contributed by atoms with Gasteiger partial charge in [-0.1, -0.05) is 13.8 Å². The van der Waals surface area contributed by atoms with E-state index in [0.717, 1.165) is 19.3 Å². The number of rotatable bonds is 7. The molecule has 0 aromatic heterocycles. The standard InChI is InChI=1S/C17H25FN2O3/c1-3-17(4-2,11-21)20-16(22)19-12-8-9-15(14(18)10-12)23-13-6-5-7-13/h8-10,13,21H,3-7,11H2,1-2H3,(H2,19,20,22). The maximum atomic E-state index is 14.0. The fourth-order valence-corrected chi connectivity index (χ4v) is 2.44. The average Bonchev–Trinajstić information content (AvgIpc) is 2.50. The summed E-state index contributed by atoms with van der Waals surface area (Å²) in [5, 5.41) is 14.8. The van der Waals surface area contributed by atoms with E-state index < -0.39 is 17.4 Å². The molecule has 5 nitrogen and oxygen atoms in total. The summed E-state index contributed by atoms with van der Waals surface area (Å²) >= 11 is 0. The van der Waals surface area contributed by atoms with E-state index in [1.54, 1.807) is 6.07 Å². The fraction of sp³-hybridized carbons (Fsp3) is 0.588. The Morgan fingerprint density at radius 1 is 1.39 bits per heavy atom. The van der Waals surface area contributed by atoms with Gasteiger partial charge in [-0.15, -0.1) is 0 Å². The number of carbonyl (C=O) groups is 1. The summed E-state index contributed by atoms with van der Waals surface area (Å²) in [5.74, 6) is -0.276. The van der Waals surface area contributed by atoms with Gasteiger partial charge in [0.1, 0.15) is 0 Å². The lowest BCUT2D eigenvalue weighted by atomic mass is 9.94. The van der Waals surface area contributed by atoms with Crippen molar-refractivity contribution >= 4 is 11.7 Å². The van der Waals surface area contributed by atoms with E-state index in [-0.39, 0.29) is 18.5 Å². The number of urea groups is 1. The maximum Gasteiger partial charge on any atom is 0.319 e. The van der Waals surface area contributed by atoms with Crippen molar-refractivity contribution in [1.29, 1.82) is 0 Å². The van der Waals surface area contributed by atoms with E-state index >= 15 is 0 Å². The molecule has 1 aromatic rings. The van der Waals surface area contributed by atoms with Crippen LogP contribution < -0.4 is 15.4 Å². The SMILES string of the molecule is CCC(CC)(CO)NC(=O)Nc1ccc(OC2CCC2)c(F)c1. The normalized spacial score (nSPS) is 15.0. The van der Waals surface area contributed by atoms with E-state index in [0.29, 0.717) is 18.5 Å². The Morgan fingerprint density at radius 3 is 2.57 bits per heavy atom. The molecule has 1 saturated carbocycles. The van der Waals surface area contributed by atoms with Gasteiger partial charge in [0.2, 0.25) is 0 Å². The second-order valence-corrected chi connectivity index (χ2v) is 6.04. The first kappa shape index (κ1) is 17.5. The van der Waals surface area contributed by atoms with Crippen molar-refractivity contribution in [2.45, 2.75) is 57.6 Å². The first-order chi connectivity index (χ1) is 11.0. The molecule has 2 rings (SSSR count). The molecule has 2 amide bonds. The van der Waals surface area contributed by atoms with Gasteiger partial charge >= 0.3 is 6.03 Å². The molecule has 0 saturated heterocycles. The van der Waals surface area contributed by atoms with E-state index in [2.05, 4.69) is 10.6 Å². The molecule has 0 bridgehead atoms. The van der Waals surface area contributed by atoms with Crippen LogP contribution in [0.15, 0.2) is 18.2 Å². The molecule has 1 fully saturated rings. The molecule has 0 spiro atoms. The van der Waals surface area contributed by atoms with Crippen molar-refractivity contribution in [2.75, 3.05) is 11.9 Å². The van der Waals surface area contributed by atoms with Gasteiger partial charge in [0.15, 0.2) is 11.6 Å². The summed E-state index contributed by atoms with van der Waals surface area (Å²) in [6.07, 6.45) is 4.35. The highest BCUT2D eigenvalue weighted by Crippen LogP contribution is 2.28. The second kappa shape index (κ2) is 7.64. The summed E-state index contributed by atoms with van der Waals surface area (Å²) in [5.41, 5.74) is -0.310. The number of benzene rings is 1. The Kier molecular flexibility index (Phi) is 5.82. The Hall–Kier alpha value is -1.82. The number of aliphatic hydroxyl groups excluding tert-OH is 1. The number of halogens is 1. The number of amides is 2. The lowest BCUT2D eigenvalue weighted by Gasteiger charge is -2.30. The highest BCUT2D eigenvalue weighted by molar-refractivity contribution is 5.89. The van der Waals surface area contributed by atoms with E-state index in [4.69, 9.17) is 4.74 Å². The van der Waals surface area contributed by atoms with Crippen molar-refractivity contribution in [2.24, 2.45) is 0 Å². The van der Waals surface area contributed by atoms with Crippen LogP contribution in [0.25, 0.3) is 0 Å². The molecule has 1 aliphatic carbocycles. The molecule has 0 heterocycles. The molecule has 6 heteroatoms. The van der Waals surface area contributed by atoms with Crippen molar-refractivity contribution < 1.29 is 19.0 Å². The number of hydrogen-bond donors (Lipinski definition) is 3. The molecular weight excluding hydrogens is 299 g/mol. The van der Waals surface area contributed by atoms with Crippen LogP contribution >= 0.6 is 0 Å². The van der Waals surface area contributed by atoms with Gasteiger partial charge in [0.25, 0.3) is 0 Å². The monoisotopic (exact) mass is 324 g/mol. The fourth-order valence-electron chi connectivity index (χ4n) is 2.44. The van der Waals surface area contributed by atoms with Crippen LogP contribution in [-0.2, 0) is 0 Å². The third-order valence-electron chi connectivity index (χ3n) is 4.57. The lowest BCUT2D eigenvalue weighted by Crippen LogP contribution is -2.52. The number of aliphatic hydroxyl groups is 1. The van der Waals surface area contributed by atoms with Gasteiger partial charge in [-0.25, -0.2) is 9.18 Å². The second-order valence-electron chi connectivity index (χ2n) is 6.04. The Labute approximate surface area is 136 Å². The molecule has 0 atom stereocenters. The minimum atomic E-state index is -0.657. The zero-order valence-electron chi connectivity index (χ0n) is 13.7. The predicted octanol–water partition coefficient (Wildman–Crippen LogP) is 3.43. The van der Waals surface area contributed by atoms with Gasteiger partial charge in [-0.2, -0.15) is 0 Å². The third kappa shape index (κ3) is 4.34. The quantitative estimate of drug-likeness (QED) is 0.719. The minimum absolute atomic E-state index is 0.103. The molecule has 1 aromatic carbocycles. The van der Waals surface area contributed by atoms with Gasteiger partial charge < -0.3 is 20.5 Å². The molecule has 128 valence electrons. The van der Waals surface area contributed by atoms with Crippen LogP contribution in [0.5, 0.6) is 5.75 Å². The number of carbonyl (C=O) groups excluding carboxylic acids is 1. The molecule has 23 heavy (non-hydrogen) atoms.